The van der Waals surface area contributed by atoms with Gasteiger partial charge in [-0.3, -0.25) is 0 Å². The third-order valence-electron chi connectivity index (χ3n) is 6.61. The van der Waals surface area contributed by atoms with Crippen LogP contribution in [0.1, 0.15) is 42.9 Å². The van der Waals surface area contributed by atoms with Crippen LogP contribution in [-0.4, -0.2) is 49.0 Å². The summed E-state index contributed by atoms with van der Waals surface area (Å²) in [4.78, 5) is 0. The molecule has 5 atom stereocenters. The Morgan fingerprint density at radius 2 is 1.18 bits per heavy atom. The number of benzene rings is 3. The molecule has 0 bridgehead atoms. The number of hydrogen-bond acceptors (Lipinski definition) is 6. The van der Waals surface area contributed by atoms with Crippen molar-refractivity contribution in [3.8, 4) is 0 Å². The van der Waals surface area contributed by atoms with Crippen LogP contribution in [0.5, 0.6) is 0 Å². The first kappa shape index (κ1) is 28.4. The maximum atomic E-state index is 11.4. The minimum absolute atomic E-state index is 0.279. The Morgan fingerprint density at radius 1 is 0.658 bits per heavy atom. The van der Waals surface area contributed by atoms with Gasteiger partial charge in [-0.1, -0.05) is 111 Å². The summed E-state index contributed by atoms with van der Waals surface area (Å²) in [5.41, 5.74) is 3.13. The molecular weight excluding hydrogens is 480 g/mol. The fraction of sp³-hybridized carbons (Fsp3) is 0.438. The third-order valence-corrected chi connectivity index (χ3v) is 6.61. The Morgan fingerprint density at radius 3 is 1.74 bits per heavy atom. The number of aliphatic hydroxyl groups is 1. The highest BCUT2D eigenvalue weighted by atomic mass is 16.7. The Bertz CT molecular complexity index is 1020. The van der Waals surface area contributed by atoms with Crippen molar-refractivity contribution in [3.63, 3.8) is 0 Å². The Hall–Kier alpha value is -2.58. The lowest BCUT2D eigenvalue weighted by molar-refractivity contribution is -0.319. The van der Waals surface area contributed by atoms with Crippen molar-refractivity contribution in [2.24, 2.45) is 0 Å². The predicted octanol–water partition coefficient (Wildman–Crippen LogP) is 5.67. The molecule has 3 aromatic carbocycles. The van der Waals surface area contributed by atoms with Gasteiger partial charge in [0.05, 0.1) is 26.4 Å². The number of hydrogen-bond donors (Lipinski definition) is 1. The number of rotatable bonds is 15. The molecule has 4 rings (SSSR count). The topological polar surface area (TPSA) is 66.4 Å². The zero-order chi connectivity index (χ0) is 26.4. The van der Waals surface area contributed by atoms with Gasteiger partial charge in [0.2, 0.25) is 0 Å². The standard InChI is InChI=1S/C32H40O6/c1-2-3-13-20-35-32-29(33)31(37-23-27-18-11-6-12-19-27)30(36-22-26-16-9-5-10-17-26)28(38-32)24-34-21-25-14-7-4-8-15-25/h4-12,14-19,28-33H,2-3,13,20-24H2,1H3/t28?,29?,30-,31-,32+/m0/s1. The van der Waals surface area contributed by atoms with Crippen LogP contribution in [0.2, 0.25) is 0 Å². The maximum absolute atomic E-state index is 11.4. The largest absolute Gasteiger partial charge is 0.385 e. The second kappa shape index (κ2) is 15.7. The number of ether oxygens (including phenoxy) is 5. The van der Waals surface area contributed by atoms with E-state index < -0.39 is 30.7 Å². The van der Waals surface area contributed by atoms with Gasteiger partial charge in [0, 0.05) is 6.61 Å². The molecule has 0 amide bonds. The van der Waals surface area contributed by atoms with E-state index in [-0.39, 0.29) is 6.61 Å². The highest BCUT2D eigenvalue weighted by Crippen LogP contribution is 2.29. The molecule has 6 heteroatoms. The molecule has 0 saturated carbocycles. The number of aliphatic hydroxyl groups excluding tert-OH is 1. The summed E-state index contributed by atoms with van der Waals surface area (Å²) in [6.45, 7) is 4.09. The van der Waals surface area contributed by atoms with Gasteiger partial charge >= 0.3 is 0 Å². The summed E-state index contributed by atoms with van der Waals surface area (Å²) in [7, 11) is 0. The average Bonchev–Trinajstić information content (AvgIpc) is 2.96. The normalized spacial score (nSPS) is 23.4. The zero-order valence-electron chi connectivity index (χ0n) is 22.2. The van der Waals surface area contributed by atoms with Crippen molar-refractivity contribution in [2.75, 3.05) is 13.2 Å². The molecule has 0 aliphatic carbocycles. The van der Waals surface area contributed by atoms with E-state index in [1.54, 1.807) is 0 Å². The molecule has 1 fully saturated rings. The van der Waals surface area contributed by atoms with Crippen molar-refractivity contribution in [2.45, 2.75) is 76.7 Å². The molecule has 3 aromatic rings. The van der Waals surface area contributed by atoms with Crippen LogP contribution in [0, 0.1) is 0 Å². The van der Waals surface area contributed by atoms with E-state index in [9.17, 15) is 5.11 Å². The summed E-state index contributed by atoms with van der Waals surface area (Å²) in [5, 5.41) is 11.4. The van der Waals surface area contributed by atoms with E-state index in [2.05, 4.69) is 6.92 Å². The van der Waals surface area contributed by atoms with Gasteiger partial charge in [0.25, 0.3) is 0 Å². The predicted molar refractivity (Wildman–Crippen MR) is 146 cm³/mol. The van der Waals surface area contributed by atoms with Crippen LogP contribution in [0.3, 0.4) is 0 Å². The molecule has 1 heterocycles. The molecule has 1 N–H and O–H groups in total. The summed E-state index contributed by atoms with van der Waals surface area (Å²) in [5.74, 6) is 0. The lowest BCUT2D eigenvalue weighted by Gasteiger charge is -2.44. The van der Waals surface area contributed by atoms with Crippen LogP contribution in [0.4, 0.5) is 0 Å². The Balaban J connectivity index is 1.50. The molecule has 204 valence electrons. The van der Waals surface area contributed by atoms with Crippen LogP contribution in [0.25, 0.3) is 0 Å². The lowest BCUT2D eigenvalue weighted by atomic mass is 9.98. The summed E-state index contributed by atoms with van der Waals surface area (Å²) < 4.78 is 31.1. The molecule has 6 nitrogen and oxygen atoms in total. The first-order chi connectivity index (χ1) is 18.7. The van der Waals surface area contributed by atoms with E-state index >= 15 is 0 Å². The molecular formula is C32H40O6. The minimum atomic E-state index is -1.01. The molecule has 2 unspecified atom stereocenters. The summed E-state index contributed by atoms with van der Waals surface area (Å²) >= 11 is 0. The molecule has 1 saturated heterocycles. The van der Waals surface area contributed by atoms with Crippen molar-refractivity contribution >= 4 is 0 Å². The van der Waals surface area contributed by atoms with Crippen LogP contribution in [-0.2, 0) is 43.5 Å². The van der Waals surface area contributed by atoms with Crippen LogP contribution in [0.15, 0.2) is 91.0 Å². The molecule has 0 spiro atoms. The van der Waals surface area contributed by atoms with Gasteiger partial charge in [0.1, 0.15) is 24.4 Å². The second-order valence-electron chi connectivity index (χ2n) is 9.63. The first-order valence-corrected chi connectivity index (χ1v) is 13.6. The average molecular weight is 521 g/mol. The van der Waals surface area contributed by atoms with E-state index in [0.717, 1.165) is 36.0 Å². The SMILES string of the molecule is CCCCCO[C@@H]1OC(COCc2ccccc2)[C@H](OCc2ccccc2)[C@@H](OCc2ccccc2)C1O. The smallest absolute Gasteiger partial charge is 0.186 e. The number of unbranched alkanes of at least 4 members (excludes halogenated alkanes) is 2. The van der Waals surface area contributed by atoms with Crippen molar-refractivity contribution in [1.82, 2.24) is 0 Å². The van der Waals surface area contributed by atoms with Gasteiger partial charge in [-0.25, -0.2) is 0 Å². The van der Waals surface area contributed by atoms with Gasteiger partial charge < -0.3 is 28.8 Å². The van der Waals surface area contributed by atoms with Gasteiger partial charge in [-0.2, -0.15) is 0 Å². The zero-order valence-corrected chi connectivity index (χ0v) is 22.2. The van der Waals surface area contributed by atoms with E-state index in [1.165, 1.54) is 0 Å². The first-order valence-electron chi connectivity index (χ1n) is 13.6. The molecule has 1 aliphatic heterocycles. The highest BCUT2D eigenvalue weighted by Gasteiger charge is 2.47. The quantitative estimate of drug-likeness (QED) is 0.261. The molecule has 1 aliphatic rings. The lowest BCUT2D eigenvalue weighted by Crippen LogP contribution is -2.61. The van der Waals surface area contributed by atoms with E-state index in [1.807, 2.05) is 91.0 Å². The monoisotopic (exact) mass is 520 g/mol. The van der Waals surface area contributed by atoms with Crippen molar-refractivity contribution < 1.29 is 28.8 Å². The second-order valence-corrected chi connectivity index (χ2v) is 9.63. The van der Waals surface area contributed by atoms with Gasteiger partial charge in [0.15, 0.2) is 6.29 Å². The van der Waals surface area contributed by atoms with Crippen LogP contribution < -0.4 is 0 Å². The van der Waals surface area contributed by atoms with Crippen molar-refractivity contribution in [3.05, 3.63) is 108 Å². The highest BCUT2D eigenvalue weighted by molar-refractivity contribution is 5.15. The fourth-order valence-corrected chi connectivity index (χ4v) is 4.51. The maximum Gasteiger partial charge on any atom is 0.186 e. The Labute approximate surface area is 226 Å². The molecule has 38 heavy (non-hydrogen) atoms. The van der Waals surface area contributed by atoms with Gasteiger partial charge in [-0.05, 0) is 23.1 Å². The Kier molecular flexibility index (Phi) is 11.8. The van der Waals surface area contributed by atoms with Crippen molar-refractivity contribution in [1.29, 1.82) is 0 Å². The third kappa shape index (κ3) is 8.73. The van der Waals surface area contributed by atoms with Gasteiger partial charge in [-0.15, -0.1) is 0 Å². The van der Waals surface area contributed by atoms with E-state index in [0.29, 0.717) is 26.4 Å². The molecule has 0 radical (unpaired) electrons. The van der Waals surface area contributed by atoms with Crippen LogP contribution >= 0.6 is 0 Å². The minimum Gasteiger partial charge on any atom is -0.385 e. The van der Waals surface area contributed by atoms with E-state index in [4.69, 9.17) is 23.7 Å². The fourth-order valence-electron chi connectivity index (χ4n) is 4.51. The molecule has 0 aromatic heterocycles. The summed E-state index contributed by atoms with van der Waals surface area (Å²) in [6, 6.07) is 29.9. The summed E-state index contributed by atoms with van der Waals surface area (Å²) in [6.07, 6.45) is -0.477.